The molecule has 0 unspecified atom stereocenters. The van der Waals surface area contributed by atoms with Crippen LogP contribution in [0.15, 0.2) is 0 Å². The van der Waals surface area contributed by atoms with Crippen LogP contribution in [0.5, 0.6) is 0 Å². The van der Waals surface area contributed by atoms with Crippen molar-refractivity contribution in [1.82, 2.24) is 0 Å². The Morgan fingerprint density at radius 3 is 1.00 bits per heavy atom. The molecule has 75 valence electrons. The number of hydrogen-bond acceptors (Lipinski definition) is 9. The highest BCUT2D eigenvalue weighted by molar-refractivity contribution is 7.73. The zero-order chi connectivity index (χ0) is 9.62. The zero-order valence-corrected chi connectivity index (χ0v) is 9.43. The third-order valence-corrected chi connectivity index (χ3v) is 5.40. The maximum Gasteiger partial charge on any atom is 0.280 e. The van der Waals surface area contributed by atoms with Crippen molar-refractivity contribution in [2.45, 2.75) is 0 Å². The molecule has 0 amide bonds. The molecule has 1 saturated heterocycles. The van der Waals surface area contributed by atoms with Crippen molar-refractivity contribution in [1.29, 1.82) is 0 Å². The van der Waals surface area contributed by atoms with Crippen LogP contribution in [0.25, 0.3) is 0 Å². The van der Waals surface area contributed by atoms with E-state index in [1.54, 1.807) is 0 Å². The Hall–Kier alpha value is 0.982. The largest absolute Gasteiger partial charge is 0.756 e. The van der Waals surface area contributed by atoms with Crippen molar-refractivity contribution in [3.63, 3.8) is 0 Å². The Labute approximate surface area is 82.6 Å². The molecule has 0 atom stereocenters. The smallest absolute Gasteiger partial charge is 0.280 e. The number of hydrogen-bond donors (Lipinski definition) is 0. The van der Waals surface area contributed by atoms with E-state index in [9.17, 15) is 28.4 Å². The van der Waals surface area contributed by atoms with Crippen LogP contribution in [0.3, 0.4) is 0 Å². The molecule has 1 aliphatic rings. The van der Waals surface area contributed by atoms with Gasteiger partial charge in [-0.25, -0.2) is 12.9 Å². The van der Waals surface area contributed by atoms with Gasteiger partial charge in [-0.15, -0.1) is 0 Å². The van der Waals surface area contributed by atoms with Crippen molar-refractivity contribution >= 4 is 40.8 Å². The van der Waals surface area contributed by atoms with E-state index in [1.807, 2.05) is 0 Å². The zero-order valence-electron chi connectivity index (χ0n) is 5.59. The summed E-state index contributed by atoms with van der Waals surface area (Å²) in [6, 6.07) is 0. The van der Waals surface area contributed by atoms with Crippen LogP contribution in [0.4, 0.5) is 0 Å². The summed E-state index contributed by atoms with van der Waals surface area (Å²) in [5.74, 6) is 0. The monoisotopic (exact) mass is 264 g/mol. The van der Waals surface area contributed by atoms with E-state index >= 15 is 0 Å². The Morgan fingerprint density at radius 1 is 0.692 bits per heavy atom. The summed E-state index contributed by atoms with van der Waals surface area (Å²) in [7, 11) is -16.1. The van der Waals surface area contributed by atoms with Gasteiger partial charge in [-0.05, 0) is 0 Å². The van der Waals surface area contributed by atoms with Crippen LogP contribution >= 0.6 is 23.5 Å². The van der Waals surface area contributed by atoms with E-state index < -0.39 is 23.5 Å². The molecule has 13 heteroatoms. The van der Waals surface area contributed by atoms with Crippen LogP contribution in [-0.4, -0.2) is 17.4 Å². The first-order valence-electron chi connectivity index (χ1n) is 2.19. The molecule has 13 heavy (non-hydrogen) atoms. The second-order valence-electron chi connectivity index (χ2n) is 1.59. The van der Waals surface area contributed by atoms with Gasteiger partial charge in [0, 0.05) is 17.4 Å². The molecule has 1 heterocycles. The molecule has 0 aromatic heterocycles. The van der Waals surface area contributed by atoms with Gasteiger partial charge in [-0.3, -0.25) is 13.7 Å². The highest BCUT2D eigenvalue weighted by Crippen LogP contribution is 2.73. The van der Waals surface area contributed by atoms with Crippen LogP contribution in [-0.2, 0) is 26.6 Å². The van der Waals surface area contributed by atoms with Gasteiger partial charge in [0.15, 0.2) is 0 Å². The minimum Gasteiger partial charge on any atom is -0.756 e. The van der Waals surface area contributed by atoms with Crippen molar-refractivity contribution in [2.24, 2.45) is 0 Å². The van der Waals surface area contributed by atoms with Gasteiger partial charge < -0.3 is 14.7 Å². The van der Waals surface area contributed by atoms with Gasteiger partial charge in [0.05, 0.1) is 0 Å². The lowest BCUT2D eigenvalue weighted by Crippen LogP contribution is -2.21. The number of phosphoric acid groups is 3. The fourth-order valence-electron chi connectivity index (χ4n) is 0.412. The van der Waals surface area contributed by atoms with E-state index in [-0.39, 0.29) is 17.4 Å². The molecular formula is AlO9P3-3. The molecule has 0 aromatic rings. The Kier molecular flexibility index (Phi) is 4.15. The van der Waals surface area contributed by atoms with Crippen molar-refractivity contribution in [2.75, 3.05) is 0 Å². The summed E-state index contributed by atoms with van der Waals surface area (Å²) in [6.45, 7) is 0. The van der Waals surface area contributed by atoms with E-state index in [2.05, 4.69) is 12.9 Å². The second kappa shape index (κ2) is 3.86. The Morgan fingerprint density at radius 2 is 0.846 bits per heavy atom. The first-order valence-corrected chi connectivity index (χ1v) is 6.57. The summed E-state index contributed by atoms with van der Waals surface area (Å²) in [4.78, 5) is 30.7. The van der Waals surface area contributed by atoms with Gasteiger partial charge in [-0.2, -0.15) is 0 Å². The lowest BCUT2D eigenvalue weighted by Gasteiger charge is -2.41. The molecule has 1 aliphatic heterocycles. The summed E-state index contributed by atoms with van der Waals surface area (Å²) in [6.07, 6.45) is 0. The highest BCUT2D eigenvalue weighted by atomic mass is 31.3. The maximum atomic E-state index is 10.2. The van der Waals surface area contributed by atoms with Crippen LogP contribution in [0.2, 0.25) is 0 Å². The Bertz CT molecular complexity index is 259. The first-order chi connectivity index (χ1) is 5.12. The number of rotatable bonds is 0. The SMILES string of the molecule is O=P1([O-])OP(=O)([O-])OP(=O)([O-])O1.[Al]. The molecule has 0 aliphatic carbocycles. The third kappa shape index (κ3) is 4.35. The van der Waals surface area contributed by atoms with Crippen molar-refractivity contribution in [3.05, 3.63) is 0 Å². The minimum absolute atomic E-state index is 0. The maximum absolute atomic E-state index is 10.2. The fraction of sp³-hybridized carbons (Fsp3) is 0. The lowest BCUT2D eigenvalue weighted by molar-refractivity contribution is -0.265. The minimum atomic E-state index is -5.36. The topological polar surface area (TPSA) is 148 Å². The summed E-state index contributed by atoms with van der Waals surface area (Å²) in [5.41, 5.74) is 0. The second-order valence-corrected chi connectivity index (χ2v) is 6.23. The molecule has 0 saturated carbocycles. The Balaban J connectivity index is 0.00000144. The molecule has 0 spiro atoms. The van der Waals surface area contributed by atoms with Gasteiger partial charge in [-0.1, -0.05) is 0 Å². The van der Waals surface area contributed by atoms with Gasteiger partial charge in [0.1, 0.15) is 0 Å². The van der Waals surface area contributed by atoms with Gasteiger partial charge in [0.25, 0.3) is 23.5 Å². The van der Waals surface area contributed by atoms with E-state index in [4.69, 9.17) is 0 Å². The van der Waals surface area contributed by atoms with Gasteiger partial charge in [0.2, 0.25) is 0 Å². The fourth-order valence-corrected chi connectivity index (χ4v) is 4.51. The van der Waals surface area contributed by atoms with Crippen molar-refractivity contribution in [3.8, 4) is 0 Å². The average molecular weight is 264 g/mol. The van der Waals surface area contributed by atoms with Gasteiger partial charge >= 0.3 is 0 Å². The summed E-state index contributed by atoms with van der Waals surface area (Å²) >= 11 is 0. The quantitative estimate of drug-likeness (QED) is 0.360. The van der Waals surface area contributed by atoms with Crippen LogP contribution < -0.4 is 14.7 Å². The molecule has 0 N–H and O–H groups in total. The molecule has 1 fully saturated rings. The van der Waals surface area contributed by atoms with Crippen LogP contribution in [0.1, 0.15) is 0 Å². The molecule has 3 radical (unpaired) electrons. The van der Waals surface area contributed by atoms with Crippen LogP contribution in [0, 0.1) is 0 Å². The summed E-state index contributed by atoms with van der Waals surface area (Å²) < 4.78 is 40.3. The van der Waals surface area contributed by atoms with Crippen molar-refractivity contribution < 1.29 is 41.3 Å². The normalized spacial score (nSPS) is 51.0. The average Bonchev–Trinajstić information content (AvgIpc) is 1.44. The van der Waals surface area contributed by atoms with E-state index in [1.165, 1.54) is 0 Å². The molecule has 9 nitrogen and oxygen atoms in total. The molecule has 1 rings (SSSR count). The lowest BCUT2D eigenvalue weighted by atomic mass is 15.6. The standard InChI is InChI=1S/Al.H3O9P3/c;1-10(2)7-11(3,4)9-12(5,6)8-10/h;(H,1,2)(H,3,4)(H,5,6)/p-3. The predicted molar refractivity (Wildman–Crippen MR) is 31.8 cm³/mol. The highest BCUT2D eigenvalue weighted by Gasteiger charge is 2.35. The van der Waals surface area contributed by atoms with E-state index in [0.29, 0.717) is 0 Å². The first kappa shape index (κ1) is 14.0. The summed E-state index contributed by atoms with van der Waals surface area (Å²) in [5, 5.41) is 0. The molecular weight excluding hydrogens is 264 g/mol. The predicted octanol–water partition coefficient (Wildman–Crippen LogP) is -1.93. The van der Waals surface area contributed by atoms with E-state index in [0.717, 1.165) is 0 Å². The third-order valence-electron chi connectivity index (χ3n) is 0.600. The molecule has 0 aromatic carbocycles. The molecule has 0 bridgehead atoms.